The second-order valence-electron chi connectivity index (χ2n) is 8.30. The number of rotatable bonds is 2. The summed E-state index contributed by atoms with van der Waals surface area (Å²) in [4.78, 5) is 15.1. The van der Waals surface area contributed by atoms with Crippen LogP contribution in [0.3, 0.4) is 0 Å². The molecule has 0 aromatic rings. The minimum Gasteiger partial charge on any atom is -0.458 e. The van der Waals surface area contributed by atoms with Gasteiger partial charge in [0.25, 0.3) is 0 Å². The number of hydrogen-bond acceptors (Lipinski definition) is 3. The van der Waals surface area contributed by atoms with Crippen molar-refractivity contribution < 1.29 is 9.53 Å². The number of carbonyl (C=O) groups is 1. The second-order valence-corrected chi connectivity index (χ2v) is 8.30. The summed E-state index contributed by atoms with van der Waals surface area (Å²) < 4.78 is 5.82. The summed E-state index contributed by atoms with van der Waals surface area (Å²) in [6, 6.07) is 0. The molecule has 3 rings (SSSR count). The van der Waals surface area contributed by atoms with Gasteiger partial charge in [-0.1, -0.05) is 24.1 Å². The molecule has 0 N–H and O–H groups in total. The van der Waals surface area contributed by atoms with Crippen molar-refractivity contribution in [2.24, 2.45) is 17.8 Å². The van der Waals surface area contributed by atoms with Crippen LogP contribution in [0.15, 0.2) is 23.3 Å². The van der Waals surface area contributed by atoms with Crippen LogP contribution in [0.4, 0.5) is 0 Å². The van der Waals surface area contributed by atoms with Crippen molar-refractivity contribution in [1.82, 2.24) is 4.90 Å². The molecule has 0 unspecified atom stereocenters. The standard InChI is InChI=1S/C21H33NO2/c1-15-5-4-6-17(3)13-20-18(8-7-15)19(21(23)24-20)14-22-11-9-16(2)10-12-22/h5,13,16,18-20H,4,6-12,14H2,1-3H3/b15-5+,17-13+/t18-,19-,20+/m0/s1. The van der Waals surface area contributed by atoms with Crippen molar-refractivity contribution in [3.05, 3.63) is 23.3 Å². The quantitative estimate of drug-likeness (QED) is 0.557. The van der Waals surface area contributed by atoms with Gasteiger partial charge in [-0.25, -0.2) is 0 Å². The highest BCUT2D eigenvalue weighted by atomic mass is 16.6. The van der Waals surface area contributed by atoms with Crippen LogP contribution in [0.1, 0.15) is 59.3 Å². The van der Waals surface area contributed by atoms with E-state index in [1.165, 1.54) is 24.0 Å². The SMILES string of the molecule is C/C1=C\[C@H]2OC(=O)[C@@H](CN3CCC(C)CC3)[C@@H]2CC/C(C)=C/CC1. The zero-order valence-corrected chi connectivity index (χ0v) is 15.6. The highest BCUT2D eigenvalue weighted by molar-refractivity contribution is 5.76. The van der Waals surface area contributed by atoms with E-state index >= 15 is 0 Å². The molecule has 0 aromatic heterocycles. The van der Waals surface area contributed by atoms with Crippen LogP contribution in [-0.4, -0.2) is 36.6 Å². The van der Waals surface area contributed by atoms with E-state index in [0.29, 0.717) is 5.92 Å². The maximum Gasteiger partial charge on any atom is 0.311 e. The molecule has 3 aliphatic rings. The Kier molecular flexibility index (Phi) is 5.80. The van der Waals surface area contributed by atoms with Crippen molar-refractivity contribution in [2.45, 2.75) is 65.4 Å². The zero-order chi connectivity index (χ0) is 17.1. The molecule has 3 nitrogen and oxygen atoms in total. The van der Waals surface area contributed by atoms with Gasteiger partial charge < -0.3 is 9.64 Å². The summed E-state index contributed by atoms with van der Waals surface area (Å²) in [5.41, 5.74) is 2.82. The van der Waals surface area contributed by atoms with E-state index in [-0.39, 0.29) is 18.0 Å². The van der Waals surface area contributed by atoms with Gasteiger partial charge in [0, 0.05) is 12.5 Å². The summed E-state index contributed by atoms with van der Waals surface area (Å²) in [5, 5.41) is 0. The number of ether oxygens (including phenoxy) is 1. The molecule has 24 heavy (non-hydrogen) atoms. The van der Waals surface area contributed by atoms with E-state index in [2.05, 4.69) is 37.8 Å². The fraction of sp³-hybridized carbons (Fsp3) is 0.762. The third kappa shape index (κ3) is 4.30. The van der Waals surface area contributed by atoms with E-state index in [1.807, 2.05) is 0 Å². The second kappa shape index (κ2) is 7.86. The summed E-state index contributed by atoms with van der Waals surface area (Å²) >= 11 is 0. The summed E-state index contributed by atoms with van der Waals surface area (Å²) in [6.45, 7) is 9.90. The average molecular weight is 332 g/mol. The lowest BCUT2D eigenvalue weighted by Gasteiger charge is -2.32. The number of fused-ring (bicyclic) bond motifs is 1. The Bertz CT molecular complexity index is 514. The Labute approximate surface area is 147 Å². The Balaban J connectivity index is 1.72. The molecule has 0 aromatic carbocycles. The van der Waals surface area contributed by atoms with Crippen molar-refractivity contribution in [3.8, 4) is 0 Å². The Morgan fingerprint density at radius 1 is 1.12 bits per heavy atom. The van der Waals surface area contributed by atoms with E-state index in [4.69, 9.17) is 4.74 Å². The third-order valence-electron chi connectivity index (χ3n) is 6.18. The maximum atomic E-state index is 12.6. The molecule has 3 atom stereocenters. The number of carbonyl (C=O) groups excluding carboxylic acids is 1. The van der Waals surface area contributed by atoms with Gasteiger partial charge in [0.05, 0.1) is 5.92 Å². The molecule has 0 amide bonds. The fourth-order valence-electron chi connectivity index (χ4n) is 4.37. The number of esters is 1. The zero-order valence-electron chi connectivity index (χ0n) is 15.6. The van der Waals surface area contributed by atoms with Gasteiger partial charge in [-0.2, -0.15) is 0 Å². The van der Waals surface area contributed by atoms with Gasteiger partial charge in [-0.15, -0.1) is 0 Å². The summed E-state index contributed by atoms with van der Waals surface area (Å²) in [7, 11) is 0. The largest absolute Gasteiger partial charge is 0.458 e. The molecule has 0 radical (unpaired) electrons. The third-order valence-corrected chi connectivity index (χ3v) is 6.18. The van der Waals surface area contributed by atoms with Crippen molar-refractivity contribution >= 4 is 5.97 Å². The van der Waals surface area contributed by atoms with Gasteiger partial charge in [0.1, 0.15) is 6.10 Å². The van der Waals surface area contributed by atoms with Crippen LogP contribution >= 0.6 is 0 Å². The van der Waals surface area contributed by atoms with Gasteiger partial charge in [-0.05, 0) is 77.5 Å². The first-order chi connectivity index (χ1) is 11.5. The van der Waals surface area contributed by atoms with Crippen molar-refractivity contribution in [1.29, 1.82) is 0 Å². The molecule has 0 bridgehead atoms. The van der Waals surface area contributed by atoms with E-state index in [0.717, 1.165) is 51.2 Å². The maximum absolute atomic E-state index is 12.6. The molecule has 2 fully saturated rings. The van der Waals surface area contributed by atoms with Gasteiger partial charge in [0.2, 0.25) is 0 Å². The predicted molar refractivity (Wildman–Crippen MR) is 97.7 cm³/mol. The lowest BCUT2D eigenvalue weighted by molar-refractivity contribution is -0.143. The average Bonchev–Trinajstić information content (AvgIpc) is 2.82. The highest BCUT2D eigenvalue weighted by Gasteiger charge is 2.44. The molecule has 2 heterocycles. The minimum absolute atomic E-state index is 0.00267. The van der Waals surface area contributed by atoms with Gasteiger partial charge in [0.15, 0.2) is 0 Å². The number of nitrogens with zero attached hydrogens (tertiary/aromatic N) is 1. The van der Waals surface area contributed by atoms with Crippen LogP contribution in [-0.2, 0) is 9.53 Å². The smallest absolute Gasteiger partial charge is 0.311 e. The molecule has 3 heteroatoms. The van der Waals surface area contributed by atoms with Crippen LogP contribution in [0.5, 0.6) is 0 Å². The van der Waals surface area contributed by atoms with Gasteiger partial charge in [-0.3, -0.25) is 4.79 Å². The predicted octanol–water partition coefficient (Wildman–Crippen LogP) is 4.34. The van der Waals surface area contributed by atoms with Gasteiger partial charge >= 0.3 is 5.97 Å². The topological polar surface area (TPSA) is 29.5 Å². The van der Waals surface area contributed by atoms with Crippen LogP contribution in [0.2, 0.25) is 0 Å². The van der Waals surface area contributed by atoms with Crippen LogP contribution in [0.25, 0.3) is 0 Å². The van der Waals surface area contributed by atoms with Crippen molar-refractivity contribution in [2.75, 3.05) is 19.6 Å². The molecule has 2 aliphatic heterocycles. The van der Waals surface area contributed by atoms with E-state index in [9.17, 15) is 4.79 Å². The lowest BCUT2D eigenvalue weighted by Crippen LogP contribution is -2.39. The first-order valence-corrected chi connectivity index (χ1v) is 9.78. The fourth-order valence-corrected chi connectivity index (χ4v) is 4.37. The van der Waals surface area contributed by atoms with Crippen LogP contribution in [0, 0.1) is 17.8 Å². The molecular formula is C21H33NO2. The van der Waals surface area contributed by atoms with E-state index < -0.39 is 0 Å². The monoisotopic (exact) mass is 331 g/mol. The Morgan fingerprint density at radius 3 is 2.62 bits per heavy atom. The molecule has 0 saturated carbocycles. The molecule has 1 aliphatic carbocycles. The number of hydrogen-bond donors (Lipinski definition) is 0. The molecule has 0 spiro atoms. The first kappa shape index (κ1) is 17.7. The Hall–Kier alpha value is -1.09. The minimum atomic E-state index is -0.00267. The first-order valence-electron chi connectivity index (χ1n) is 9.78. The molecular weight excluding hydrogens is 298 g/mol. The Morgan fingerprint density at radius 2 is 1.88 bits per heavy atom. The lowest BCUT2D eigenvalue weighted by atomic mass is 9.83. The number of allylic oxidation sites excluding steroid dienone is 3. The highest BCUT2D eigenvalue weighted by Crippen LogP contribution is 2.36. The number of piperidine rings is 1. The van der Waals surface area contributed by atoms with Crippen molar-refractivity contribution in [3.63, 3.8) is 0 Å². The van der Waals surface area contributed by atoms with E-state index in [1.54, 1.807) is 0 Å². The number of likely N-dealkylation sites (tertiary alicyclic amines) is 1. The summed E-state index contributed by atoms with van der Waals surface area (Å²) in [6.07, 6.45) is 11.5. The molecule has 134 valence electrons. The van der Waals surface area contributed by atoms with Crippen LogP contribution < -0.4 is 0 Å². The normalized spacial score (nSPS) is 37.8. The molecule has 2 saturated heterocycles. The summed E-state index contributed by atoms with van der Waals surface area (Å²) in [5.74, 6) is 1.26.